The summed E-state index contributed by atoms with van der Waals surface area (Å²) in [6, 6.07) is 3.20. The van der Waals surface area contributed by atoms with Crippen LogP contribution in [0.5, 0.6) is 11.5 Å². The van der Waals surface area contributed by atoms with E-state index in [1.165, 1.54) is 14.2 Å². The van der Waals surface area contributed by atoms with E-state index in [1.54, 1.807) is 12.1 Å². The number of ketones is 1. The van der Waals surface area contributed by atoms with Gasteiger partial charge in [-0.25, -0.2) is 4.79 Å². The van der Waals surface area contributed by atoms with Gasteiger partial charge in [-0.1, -0.05) is 0 Å². The van der Waals surface area contributed by atoms with Crippen molar-refractivity contribution in [2.24, 2.45) is 0 Å². The Morgan fingerprint density at radius 1 is 1.29 bits per heavy atom. The Hall–Kier alpha value is -1.56. The van der Waals surface area contributed by atoms with Gasteiger partial charge in [0.1, 0.15) is 0 Å². The first-order valence-electron chi connectivity index (χ1n) is 4.66. The van der Waals surface area contributed by atoms with Crippen LogP contribution in [0.15, 0.2) is 16.6 Å². The number of halogens is 1. The van der Waals surface area contributed by atoms with Crippen molar-refractivity contribution in [1.82, 2.24) is 0 Å². The Morgan fingerprint density at radius 3 is 2.41 bits per heavy atom. The average molecular weight is 303 g/mol. The second-order valence-electron chi connectivity index (χ2n) is 3.22. The van der Waals surface area contributed by atoms with Gasteiger partial charge in [-0.15, -0.1) is 0 Å². The van der Waals surface area contributed by atoms with Gasteiger partial charge < -0.3 is 14.6 Å². The fourth-order valence-corrected chi connectivity index (χ4v) is 1.99. The summed E-state index contributed by atoms with van der Waals surface area (Å²) in [5, 5.41) is 8.52. The normalized spacial score (nSPS) is 9.82. The lowest BCUT2D eigenvalue weighted by molar-refractivity contribution is -0.148. The number of carboxylic acids is 1. The smallest absolute Gasteiger partial charge is 0.372 e. The number of hydrogen-bond donors (Lipinski definition) is 1. The van der Waals surface area contributed by atoms with Gasteiger partial charge in [-0.05, 0) is 33.6 Å². The third-order valence-electron chi connectivity index (χ3n) is 2.10. The van der Waals surface area contributed by atoms with E-state index in [0.717, 1.165) is 0 Å². The average Bonchev–Trinajstić information content (AvgIpc) is 2.27. The third kappa shape index (κ3) is 3.20. The zero-order chi connectivity index (χ0) is 13.0. The zero-order valence-corrected chi connectivity index (χ0v) is 10.9. The Bertz CT molecular complexity index is 455. The maximum absolute atomic E-state index is 11.1. The SMILES string of the molecule is COc1cc(CC(=O)C(=O)O)cc(Br)c1OC. The Balaban J connectivity index is 3.07. The number of carbonyl (C=O) groups excluding carboxylic acids is 1. The van der Waals surface area contributed by atoms with Gasteiger partial charge in [0.25, 0.3) is 0 Å². The minimum Gasteiger partial charge on any atom is -0.493 e. The highest BCUT2D eigenvalue weighted by Gasteiger charge is 2.16. The maximum atomic E-state index is 11.1. The van der Waals surface area contributed by atoms with Crippen LogP contribution in [0.2, 0.25) is 0 Å². The van der Waals surface area contributed by atoms with Crippen LogP contribution in [0.25, 0.3) is 0 Å². The van der Waals surface area contributed by atoms with E-state index in [2.05, 4.69) is 15.9 Å². The second kappa shape index (κ2) is 5.67. The Labute approximate surface area is 106 Å². The van der Waals surface area contributed by atoms with Crippen molar-refractivity contribution in [2.45, 2.75) is 6.42 Å². The van der Waals surface area contributed by atoms with Crippen molar-refractivity contribution in [2.75, 3.05) is 14.2 Å². The Morgan fingerprint density at radius 2 is 1.94 bits per heavy atom. The van der Waals surface area contributed by atoms with Gasteiger partial charge in [0.2, 0.25) is 5.78 Å². The van der Waals surface area contributed by atoms with Crippen LogP contribution in [0.1, 0.15) is 5.56 Å². The summed E-state index contributed by atoms with van der Waals surface area (Å²) in [5.74, 6) is -1.38. The summed E-state index contributed by atoms with van der Waals surface area (Å²) in [6.07, 6.45) is -0.186. The zero-order valence-electron chi connectivity index (χ0n) is 9.32. The molecule has 0 aliphatic rings. The van der Waals surface area contributed by atoms with Crippen molar-refractivity contribution < 1.29 is 24.2 Å². The van der Waals surface area contributed by atoms with Crippen molar-refractivity contribution in [1.29, 1.82) is 0 Å². The van der Waals surface area contributed by atoms with E-state index in [9.17, 15) is 9.59 Å². The summed E-state index contributed by atoms with van der Waals surface area (Å²) < 4.78 is 10.8. The highest BCUT2D eigenvalue weighted by Crippen LogP contribution is 2.36. The van der Waals surface area contributed by atoms with Gasteiger partial charge >= 0.3 is 5.97 Å². The van der Waals surface area contributed by atoms with E-state index in [1.807, 2.05) is 0 Å². The highest BCUT2D eigenvalue weighted by atomic mass is 79.9. The van der Waals surface area contributed by atoms with Crippen LogP contribution in [-0.2, 0) is 16.0 Å². The van der Waals surface area contributed by atoms with Crippen molar-refractivity contribution in [3.05, 3.63) is 22.2 Å². The van der Waals surface area contributed by atoms with Gasteiger partial charge in [0, 0.05) is 6.42 Å². The molecule has 0 heterocycles. The van der Waals surface area contributed by atoms with Gasteiger partial charge in [-0.3, -0.25) is 4.79 Å². The molecular formula is C11H11BrO5. The first kappa shape index (κ1) is 13.5. The summed E-state index contributed by atoms with van der Waals surface area (Å²) in [6.45, 7) is 0. The minimum atomic E-state index is -1.45. The summed E-state index contributed by atoms with van der Waals surface area (Å²) in [5.41, 5.74) is 0.543. The molecule has 1 N–H and O–H groups in total. The molecule has 0 saturated heterocycles. The van der Waals surface area contributed by atoms with Gasteiger partial charge in [0.15, 0.2) is 11.5 Å². The molecule has 1 aromatic carbocycles. The van der Waals surface area contributed by atoms with Crippen LogP contribution in [0, 0.1) is 0 Å². The molecule has 92 valence electrons. The van der Waals surface area contributed by atoms with E-state index in [-0.39, 0.29) is 6.42 Å². The van der Waals surface area contributed by atoms with Crippen molar-refractivity contribution in [3.8, 4) is 11.5 Å². The molecular weight excluding hydrogens is 292 g/mol. The molecule has 0 saturated carbocycles. The first-order valence-corrected chi connectivity index (χ1v) is 5.45. The number of Topliss-reactive ketones (excluding diaryl/α,β-unsaturated/α-hetero) is 1. The van der Waals surface area contributed by atoms with Crippen LogP contribution >= 0.6 is 15.9 Å². The maximum Gasteiger partial charge on any atom is 0.372 e. The molecule has 0 spiro atoms. The van der Waals surface area contributed by atoms with Crippen LogP contribution in [-0.4, -0.2) is 31.1 Å². The third-order valence-corrected chi connectivity index (χ3v) is 2.69. The molecule has 0 aromatic heterocycles. The largest absolute Gasteiger partial charge is 0.493 e. The number of ether oxygens (including phenoxy) is 2. The topological polar surface area (TPSA) is 72.8 Å². The monoisotopic (exact) mass is 302 g/mol. The fourth-order valence-electron chi connectivity index (χ4n) is 1.33. The standard InChI is InChI=1S/C11H11BrO5/c1-16-9-5-6(4-8(13)11(14)15)3-7(12)10(9)17-2/h3,5H,4H2,1-2H3,(H,14,15). The molecule has 17 heavy (non-hydrogen) atoms. The lowest BCUT2D eigenvalue weighted by atomic mass is 10.1. The van der Waals surface area contributed by atoms with Crippen LogP contribution < -0.4 is 9.47 Å². The van der Waals surface area contributed by atoms with E-state index in [0.29, 0.717) is 21.5 Å². The van der Waals surface area contributed by atoms with Crippen molar-refractivity contribution >= 4 is 27.7 Å². The molecule has 0 atom stereocenters. The summed E-state index contributed by atoms with van der Waals surface area (Å²) in [7, 11) is 2.96. The number of carboxylic acid groups (broad SMARTS) is 1. The summed E-state index contributed by atoms with van der Waals surface area (Å²) in [4.78, 5) is 21.5. The molecule has 0 unspecified atom stereocenters. The molecule has 0 aliphatic carbocycles. The molecule has 0 amide bonds. The number of methoxy groups -OCH3 is 2. The van der Waals surface area contributed by atoms with E-state index >= 15 is 0 Å². The van der Waals surface area contributed by atoms with E-state index in [4.69, 9.17) is 14.6 Å². The summed E-state index contributed by atoms with van der Waals surface area (Å²) >= 11 is 3.26. The molecule has 5 nitrogen and oxygen atoms in total. The molecule has 6 heteroatoms. The van der Waals surface area contributed by atoms with Crippen LogP contribution in [0.4, 0.5) is 0 Å². The molecule has 0 radical (unpaired) electrons. The quantitative estimate of drug-likeness (QED) is 0.838. The second-order valence-corrected chi connectivity index (χ2v) is 4.07. The number of rotatable bonds is 5. The van der Waals surface area contributed by atoms with Gasteiger partial charge in [-0.2, -0.15) is 0 Å². The minimum absolute atomic E-state index is 0.186. The predicted octanol–water partition coefficient (Wildman–Crippen LogP) is 1.66. The number of aliphatic carboxylic acids is 1. The van der Waals surface area contributed by atoms with Crippen LogP contribution in [0.3, 0.4) is 0 Å². The Kier molecular flexibility index (Phi) is 4.51. The lowest BCUT2D eigenvalue weighted by Crippen LogP contribution is -2.15. The predicted molar refractivity (Wildman–Crippen MR) is 63.6 cm³/mol. The van der Waals surface area contributed by atoms with Crippen molar-refractivity contribution in [3.63, 3.8) is 0 Å². The molecule has 0 fully saturated rings. The lowest BCUT2D eigenvalue weighted by Gasteiger charge is -2.11. The van der Waals surface area contributed by atoms with E-state index < -0.39 is 11.8 Å². The number of hydrogen-bond acceptors (Lipinski definition) is 4. The number of benzene rings is 1. The molecule has 0 bridgehead atoms. The first-order chi connectivity index (χ1) is 7.99. The molecule has 1 aromatic rings. The number of carbonyl (C=O) groups is 2. The highest BCUT2D eigenvalue weighted by molar-refractivity contribution is 9.10. The fraction of sp³-hybridized carbons (Fsp3) is 0.273. The van der Waals surface area contributed by atoms with Gasteiger partial charge in [0.05, 0.1) is 18.7 Å². The molecule has 1 rings (SSSR count). The molecule has 0 aliphatic heterocycles.